The number of alkyl halides is 1. The average molecular weight is 391 g/mol. The summed E-state index contributed by atoms with van der Waals surface area (Å²) in [6.07, 6.45) is 3.30. The van der Waals surface area contributed by atoms with Crippen LogP contribution in [0.3, 0.4) is 0 Å². The molecule has 0 spiro atoms. The van der Waals surface area contributed by atoms with Crippen molar-refractivity contribution in [1.82, 2.24) is 9.55 Å². The third kappa shape index (κ3) is 2.51. The first-order valence-corrected chi connectivity index (χ1v) is 8.46. The maximum atomic E-state index is 6.14. The SMILES string of the molecule is CCC(CC)(CC)n1c(CCl)nc2cc(I)ccc21. The van der Waals surface area contributed by atoms with Gasteiger partial charge in [-0.2, -0.15) is 0 Å². The van der Waals surface area contributed by atoms with Gasteiger partial charge in [-0.15, -0.1) is 11.6 Å². The summed E-state index contributed by atoms with van der Waals surface area (Å²) in [5, 5.41) is 0. The molecule has 1 aromatic heterocycles. The van der Waals surface area contributed by atoms with Crippen molar-refractivity contribution < 1.29 is 0 Å². The molecule has 0 saturated heterocycles. The van der Waals surface area contributed by atoms with Gasteiger partial charge in [0.15, 0.2) is 0 Å². The second-order valence-corrected chi connectivity index (χ2v) is 6.43. The molecule has 0 radical (unpaired) electrons. The lowest BCUT2D eigenvalue weighted by Gasteiger charge is -2.34. The lowest BCUT2D eigenvalue weighted by molar-refractivity contribution is 0.253. The monoisotopic (exact) mass is 390 g/mol. The molecule has 19 heavy (non-hydrogen) atoms. The average Bonchev–Trinajstić information content (AvgIpc) is 2.80. The van der Waals surface area contributed by atoms with E-state index in [2.05, 4.69) is 66.1 Å². The maximum Gasteiger partial charge on any atom is 0.125 e. The molecule has 0 aliphatic heterocycles. The molecule has 0 atom stereocenters. The van der Waals surface area contributed by atoms with Gasteiger partial charge in [0.05, 0.1) is 16.9 Å². The molecule has 0 bridgehead atoms. The summed E-state index contributed by atoms with van der Waals surface area (Å²) in [7, 11) is 0. The Balaban J connectivity index is 2.76. The zero-order chi connectivity index (χ0) is 14.0. The van der Waals surface area contributed by atoms with Gasteiger partial charge >= 0.3 is 0 Å². The lowest BCUT2D eigenvalue weighted by atomic mass is 9.89. The fourth-order valence-electron chi connectivity index (χ4n) is 2.95. The van der Waals surface area contributed by atoms with Gasteiger partial charge in [-0.1, -0.05) is 20.8 Å². The number of imidazole rings is 1. The van der Waals surface area contributed by atoms with Crippen molar-refractivity contribution in [1.29, 1.82) is 0 Å². The number of nitrogens with zero attached hydrogens (tertiary/aromatic N) is 2. The van der Waals surface area contributed by atoms with E-state index in [-0.39, 0.29) is 5.54 Å². The number of halogens is 2. The van der Waals surface area contributed by atoms with Crippen molar-refractivity contribution in [2.45, 2.75) is 51.5 Å². The summed E-state index contributed by atoms with van der Waals surface area (Å²) in [5.74, 6) is 1.46. The van der Waals surface area contributed by atoms with Crippen LogP contribution in [-0.4, -0.2) is 9.55 Å². The molecule has 104 valence electrons. The molecule has 0 unspecified atom stereocenters. The Morgan fingerprint density at radius 3 is 2.37 bits per heavy atom. The molecule has 0 aliphatic carbocycles. The highest BCUT2D eigenvalue weighted by atomic mass is 127. The Kier molecular flexibility index (Phi) is 4.77. The van der Waals surface area contributed by atoms with Crippen molar-refractivity contribution >= 4 is 45.2 Å². The molecule has 2 nitrogen and oxygen atoms in total. The van der Waals surface area contributed by atoms with Crippen molar-refractivity contribution in [3.05, 3.63) is 27.6 Å². The van der Waals surface area contributed by atoms with E-state index in [4.69, 9.17) is 16.6 Å². The van der Waals surface area contributed by atoms with Crippen LogP contribution in [0.5, 0.6) is 0 Å². The Morgan fingerprint density at radius 2 is 1.84 bits per heavy atom. The smallest absolute Gasteiger partial charge is 0.125 e. The molecule has 0 amide bonds. The fourth-order valence-corrected chi connectivity index (χ4v) is 3.60. The van der Waals surface area contributed by atoms with E-state index in [0.29, 0.717) is 5.88 Å². The van der Waals surface area contributed by atoms with Crippen LogP contribution in [0.25, 0.3) is 11.0 Å². The number of hydrogen-bond donors (Lipinski definition) is 0. The summed E-state index contributed by atoms with van der Waals surface area (Å²) in [4.78, 5) is 4.73. The van der Waals surface area contributed by atoms with Gasteiger partial charge < -0.3 is 4.57 Å². The third-order valence-corrected chi connectivity index (χ3v) is 5.16. The van der Waals surface area contributed by atoms with Crippen molar-refractivity contribution in [3.8, 4) is 0 Å². The Morgan fingerprint density at radius 1 is 1.21 bits per heavy atom. The van der Waals surface area contributed by atoms with Crippen LogP contribution in [0, 0.1) is 3.57 Å². The van der Waals surface area contributed by atoms with Crippen molar-refractivity contribution in [3.63, 3.8) is 0 Å². The predicted molar refractivity (Wildman–Crippen MR) is 90.9 cm³/mol. The summed E-state index contributed by atoms with van der Waals surface area (Å²) < 4.78 is 3.59. The summed E-state index contributed by atoms with van der Waals surface area (Å²) in [6.45, 7) is 6.76. The quantitative estimate of drug-likeness (QED) is 0.500. The molecule has 2 aromatic rings. The summed E-state index contributed by atoms with van der Waals surface area (Å²) >= 11 is 8.46. The molecular formula is C15H20ClIN2. The van der Waals surface area contributed by atoms with Crippen LogP contribution in [0.2, 0.25) is 0 Å². The first-order chi connectivity index (χ1) is 9.11. The van der Waals surface area contributed by atoms with Gasteiger partial charge in [-0.05, 0) is 60.1 Å². The van der Waals surface area contributed by atoms with Gasteiger partial charge in [0.2, 0.25) is 0 Å². The molecule has 0 fully saturated rings. The standard InChI is InChI=1S/C15H20ClIN2/c1-4-15(5-2,6-3)19-13-8-7-11(17)9-12(13)18-14(19)10-16/h7-9H,4-6,10H2,1-3H3. The van der Waals surface area contributed by atoms with Crippen molar-refractivity contribution in [2.24, 2.45) is 0 Å². The summed E-state index contributed by atoms with van der Waals surface area (Å²) in [6, 6.07) is 6.45. The van der Waals surface area contributed by atoms with Crippen molar-refractivity contribution in [2.75, 3.05) is 0 Å². The highest BCUT2D eigenvalue weighted by Gasteiger charge is 2.30. The Hall–Kier alpha value is -0.290. The van der Waals surface area contributed by atoms with Gasteiger partial charge in [0.25, 0.3) is 0 Å². The zero-order valence-electron chi connectivity index (χ0n) is 11.7. The van der Waals surface area contributed by atoms with Crippen LogP contribution in [0.1, 0.15) is 45.9 Å². The molecule has 1 aromatic carbocycles. The Bertz CT molecular complexity index is 565. The predicted octanol–water partition coefficient (Wildman–Crippen LogP) is 5.31. The first kappa shape index (κ1) is 15.1. The first-order valence-electron chi connectivity index (χ1n) is 6.85. The van der Waals surface area contributed by atoms with Gasteiger partial charge in [0, 0.05) is 9.11 Å². The van der Waals surface area contributed by atoms with Crippen LogP contribution in [-0.2, 0) is 11.4 Å². The second kappa shape index (κ2) is 6.00. The number of aromatic nitrogens is 2. The Labute approximate surface area is 133 Å². The van der Waals surface area contributed by atoms with Gasteiger partial charge in [-0.25, -0.2) is 4.98 Å². The normalized spacial score (nSPS) is 12.3. The number of fused-ring (bicyclic) bond motifs is 1. The largest absolute Gasteiger partial charge is 0.321 e. The lowest BCUT2D eigenvalue weighted by Crippen LogP contribution is -2.32. The van der Waals surface area contributed by atoms with Gasteiger partial charge in [0.1, 0.15) is 5.82 Å². The molecule has 0 saturated carbocycles. The van der Waals surface area contributed by atoms with E-state index in [1.807, 2.05) is 0 Å². The minimum Gasteiger partial charge on any atom is -0.321 e. The zero-order valence-corrected chi connectivity index (χ0v) is 14.6. The van der Waals surface area contributed by atoms with Crippen LogP contribution < -0.4 is 0 Å². The van der Waals surface area contributed by atoms with E-state index in [1.165, 1.54) is 9.09 Å². The van der Waals surface area contributed by atoms with Crippen LogP contribution in [0.4, 0.5) is 0 Å². The molecule has 0 N–H and O–H groups in total. The molecule has 2 rings (SSSR count). The maximum absolute atomic E-state index is 6.14. The van der Waals surface area contributed by atoms with E-state index < -0.39 is 0 Å². The van der Waals surface area contributed by atoms with Gasteiger partial charge in [-0.3, -0.25) is 0 Å². The van der Waals surface area contributed by atoms with E-state index >= 15 is 0 Å². The van der Waals surface area contributed by atoms with E-state index in [9.17, 15) is 0 Å². The fraction of sp³-hybridized carbons (Fsp3) is 0.533. The molecule has 1 heterocycles. The van der Waals surface area contributed by atoms with E-state index in [1.54, 1.807) is 0 Å². The number of hydrogen-bond acceptors (Lipinski definition) is 1. The van der Waals surface area contributed by atoms with E-state index in [0.717, 1.165) is 30.6 Å². The molecule has 4 heteroatoms. The minimum absolute atomic E-state index is 0.131. The number of rotatable bonds is 5. The topological polar surface area (TPSA) is 17.8 Å². The highest BCUT2D eigenvalue weighted by molar-refractivity contribution is 14.1. The molecular weight excluding hydrogens is 371 g/mol. The summed E-state index contributed by atoms with van der Waals surface area (Å²) in [5.41, 5.74) is 2.40. The highest BCUT2D eigenvalue weighted by Crippen LogP contribution is 2.35. The third-order valence-electron chi connectivity index (χ3n) is 4.25. The number of benzene rings is 1. The van der Waals surface area contributed by atoms with Crippen LogP contribution >= 0.6 is 34.2 Å². The second-order valence-electron chi connectivity index (χ2n) is 4.92. The minimum atomic E-state index is 0.131. The van der Waals surface area contributed by atoms with Crippen LogP contribution in [0.15, 0.2) is 18.2 Å². The molecule has 0 aliphatic rings.